The lowest BCUT2D eigenvalue weighted by Crippen LogP contribution is -2.45. The van der Waals surface area contributed by atoms with Crippen molar-refractivity contribution in [1.82, 2.24) is 0 Å². The van der Waals surface area contributed by atoms with E-state index in [2.05, 4.69) is 26.8 Å². The summed E-state index contributed by atoms with van der Waals surface area (Å²) < 4.78 is 14.5. The van der Waals surface area contributed by atoms with Crippen molar-refractivity contribution in [2.45, 2.75) is 52.9 Å². The molecule has 4 rings (SSSR count). The molecule has 144 valence electrons. The minimum Gasteiger partial charge on any atom is -0.478 e. The van der Waals surface area contributed by atoms with Gasteiger partial charge in [-0.05, 0) is 56.1 Å². The Morgan fingerprint density at radius 3 is 2.67 bits per heavy atom. The predicted octanol–water partition coefficient (Wildman–Crippen LogP) is 5.09. The largest absolute Gasteiger partial charge is 0.478 e. The highest BCUT2D eigenvalue weighted by atomic mass is 16.5. The second kappa shape index (κ2) is 5.95. The van der Waals surface area contributed by atoms with Crippen LogP contribution in [0.1, 0.15) is 75.0 Å². The van der Waals surface area contributed by atoms with E-state index in [4.69, 9.17) is 6.11 Å². The summed E-state index contributed by atoms with van der Waals surface area (Å²) in [7, 11) is 0. The van der Waals surface area contributed by atoms with Crippen molar-refractivity contribution in [2.75, 3.05) is 6.58 Å². The zero-order chi connectivity index (χ0) is 20.3. The second-order valence-corrected chi connectivity index (χ2v) is 8.83. The van der Waals surface area contributed by atoms with Crippen LogP contribution in [0.25, 0.3) is 0 Å². The van der Waals surface area contributed by atoms with Crippen LogP contribution in [0.5, 0.6) is 0 Å². The van der Waals surface area contributed by atoms with Crippen molar-refractivity contribution in [3.63, 3.8) is 0 Å². The molecule has 1 aromatic rings. The minimum atomic E-state index is -1.17. The first kappa shape index (κ1) is 17.0. The Bertz CT molecular complexity index is 877. The first-order valence-electron chi connectivity index (χ1n) is 10.4. The standard InChI is InChI=1S/C23H28O4/c1-15-9-12-22-10-6-11-23(15,22)16(2)13-21(22,3)14-27-20(26)18-8-5-4-7-17(18)19(24)25/h4-5,7-8,13,15H,6,9-12,14H2,1-3H3,(H,24,25)/t15-,21-,22+,23-/m1/s1/i14D/t14?,15-,21-,22+,23-. The second-order valence-electron chi connectivity index (χ2n) is 8.83. The summed E-state index contributed by atoms with van der Waals surface area (Å²) in [5.41, 5.74) is 0.772. The molecule has 1 unspecified atom stereocenters. The summed E-state index contributed by atoms with van der Waals surface area (Å²) in [5, 5.41) is 9.35. The van der Waals surface area contributed by atoms with Crippen molar-refractivity contribution in [1.29, 1.82) is 0 Å². The topological polar surface area (TPSA) is 63.6 Å². The Hall–Kier alpha value is -2.10. The molecule has 0 spiro atoms. The molecule has 4 heteroatoms. The Morgan fingerprint density at radius 1 is 1.26 bits per heavy atom. The van der Waals surface area contributed by atoms with Crippen LogP contribution in [0.2, 0.25) is 0 Å². The number of hydrogen-bond donors (Lipinski definition) is 1. The molecule has 1 aromatic carbocycles. The van der Waals surface area contributed by atoms with E-state index in [0.717, 1.165) is 32.1 Å². The van der Waals surface area contributed by atoms with Crippen molar-refractivity contribution >= 4 is 11.9 Å². The fraction of sp³-hybridized carbons (Fsp3) is 0.565. The molecule has 2 saturated carbocycles. The van der Waals surface area contributed by atoms with Crippen molar-refractivity contribution < 1.29 is 20.8 Å². The number of rotatable bonds is 4. The molecular formula is C23H28O4. The van der Waals surface area contributed by atoms with Crippen LogP contribution in [-0.4, -0.2) is 23.6 Å². The Balaban J connectivity index is 1.67. The zero-order valence-corrected chi connectivity index (χ0v) is 16.2. The number of benzene rings is 1. The molecule has 0 heterocycles. The number of aromatic carboxylic acids is 1. The SMILES string of the molecule is [2H]C(OC(=O)c1ccccc1C(=O)O)[C@@]1(C)C=C(C)[C@]23CCC[C@@]21CC[C@H]3C. The third-order valence-electron chi connectivity index (χ3n) is 7.91. The molecule has 4 nitrogen and oxygen atoms in total. The number of carboxylic acid groups (broad SMARTS) is 1. The fourth-order valence-electron chi connectivity index (χ4n) is 6.84. The number of carbonyl (C=O) groups is 2. The molecule has 0 saturated heterocycles. The van der Waals surface area contributed by atoms with Crippen molar-refractivity contribution in [3.05, 3.63) is 47.0 Å². The van der Waals surface area contributed by atoms with Crippen LogP contribution in [0, 0.1) is 22.2 Å². The van der Waals surface area contributed by atoms with Crippen LogP contribution >= 0.6 is 0 Å². The Morgan fingerprint density at radius 2 is 1.96 bits per heavy atom. The van der Waals surface area contributed by atoms with Crippen molar-refractivity contribution in [3.8, 4) is 0 Å². The molecule has 5 atom stereocenters. The number of carbonyl (C=O) groups excluding carboxylic acids is 1. The molecule has 3 aliphatic rings. The number of hydrogen-bond acceptors (Lipinski definition) is 3. The van der Waals surface area contributed by atoms with Gasteiger partial charge in [-0.3, -0.25) is 0 Å². The summed E-state index contributed by atoms with van der Waals surface area (Å²) in [6.45, 7) is 5.50. The summed E-state index contributed by atoms with van der Waals surface area (Å²) in [6, 6.07) is 6.03. The highest BCUT2D eigenvalue weighted by molar-refractivity contribution is 6.02. The molecule has 27 heavy (non-hydrogen) atoms. The van der Waals surface area contributed by atoms with Gasteiger partial charge in [0.2, 0.25) is 0 Å². The average molecular weight is 369 g/mol. The van der Waals surface area contributed by atoms with Crippen LogP contribution in [0.3, 0.4) is 0 Å². The highest BCUT2D eigenvalue weighted by Crippen LogP contribution is 2.78. The maximum atomic E-state index is 12.8. The van der Waals surface area contributed by atoms with E-state index in [1.165, 1.54) is 17.7 Å². The third-order valence-corrected chi connectivity index (χ3v) is 7.91. The summed E-state index contributed by atoms with van der Waals surface area (Å²) in [4.78, 5) is 24.2. The van der Waals surface area contributed by atoms with Gasteiger partial charge in [0.05, 0.1) is 12.5 Å². The zero-order valence-electron chi connectivity index (χ0n) is 17.2. The van der Waals surface area contributed by atoms with Gasteiger partial charge >= 0.3 is 11.9 Å². The van der Waals surface area contributed by atoms with E-state index in [1.807, 2.05) is 0 Å². The average Bonchev–Trinajstić information content (AvgIpc) is 3.24. The highest BCUT2D eigenvalue weighted by Gasteiger charge is 2.71. The molecule has 2 fully saturated rings. The van der Waals surface area contributed by atoms with Crippen molar-refractivity contribution in [2.24, 2.45) is 22.2 Å². The third kappa shape index (κ3) is 2.22. The maximum Gasteiger partial charge on any atom is 0.339 e. The summed E-state index contributed by atoms with van der Waals surface area (Å²) in [6.07, 6.45) is 7.73. The molecular weight excluding hydrogens is 340 g/mol. The molecule has 0 amide bonds. The fourth-order valence-corrected chi connectivity index (χ4v) is 6.84. The normalized spacial score (nSPS) is 38.6. The van der Waals surface area contributed by atoms with E-state index in [1.54, 1.807) is 12.1 Å². The quantitative estimate of drug-likeness (QED) is 0.593. The van der Waals surface area contributed by atoms with E-state index >= 15 is 0 Å². The Kier molecular flexibility index (Phi) is 3.75. The molecule has 0 radical (unpaired) electrons. The van der Waals surface area contributed by atoms with Gasteiger partial charge in [-0.25, -0.2) is 9.59 Å². The minimum absolute atomic E-state index is 0.00419. The van der Waals surface area contributed by atoms with Gasteiger partial charge < -0.3 is 9.84 Å². The lowest BCUT2D eigenvalue weighted by molar-refractivity contribution is -0.0218. The maximum absolute atomic E-state index is 12.8. The first-order chi connectivity index (χ1) is 13.2. The number of allylic oxidation sites excluding steroid dienone is 1. The van der Waals surface area contributed by atoms with Gasteiger partial charge in [-0.1, -0.05) is 44.1 Å². The monoisotopic (exact) mass is 369 g/mol. The van der Waals surface area contributed by atoms with Crippen LogP contribution < -0.4 is 0 Å². The van der Waals surface area contributed by atoms with Crippen LogP contribution in [-0.2, 0) is 4.74 Å². The van der Waals surface area contributed by atoms with Gasteiger partial charge in [0.1, 0.15) is 6.58 Å². The van der Waals surface area contributed by atoms with Gasteiger partial charge in [-0.2, -0.15) is 0 Å². The number of ether oxygens (including phenoxy) is 1. The molecule has 0 aromatic heterocycles. The van der Waals surface area contributed by atoms with Crippen LogP contribution in [0.4, 0.5) is 0 Å². The van der Waals surface area contributed by atoms with Gasteiger partial charge in [-0.15, -0.1) is 0 Å². The van der Waals surface area contributed by atoms with Crippen LogP contribution in [0.15, 0.2) is 35.9 Å². The molecule has 0 aliphatic heterocycles. The summed E-state index contributed by atoms with van der Waals surface area (Å²) >= 11 is 0. The predicted molar refractivity (Wildman–Crippen MR) is 103 cm³/mol. The smallest absolute Gasteiger partial charge is 0.339 e. The van der Waals surface area contributed by atoms with E-state index < -0.39 is 23.9 Å². The first-order valence-corrected chi connectivity index (χ1v) is 9.85. The van der Waals surface area contributed by atoms with E-state index in [0.29, 0.717) is 5.92 Å². The summed E-state index contributed by atoms with van der Waals surface area (Å²) in [5.74, 6) is -1.33. The Labute approximate surface area is 162 Å². The lowest BCUT2D eigenvalue weighted by atomic mass is 9.56. The number of carboxylic acids is 1. The molecule has 1 N–H and O–H groups in total. The van der Waals surface area contributed by atoms with Gasteiger partial charge in [0.15, 0.2) is 0 Å². The number of esters is 1. The molecule has 0 bridgehead atoms. The van der Waals surface area contributed by atoms with Gasteiger partial charge in [0.25, 0.3) is 0 Å². The van der Waals surface area contributed by atoms with E-state index in [-0.39, 0.29) is 22.0 Å². The van der Waals surface area contributed by atoms with E-state index in [9.17, 15) is 14.7 Å². The lowest BCUT2D eigenvalue weighted by Gasteiger charge is -2.47. The van der Waals surface area contributed by atoms with Gasteiger partial charge in [0, 0.05) is 10.8 Å². The molecule has 3 aliphatic carbocycles.